The fourth-order valence-corrected chi connectivity index (χ4v) is 6.24. The van der Waals surface area contributed by atoms with Crippen molar-refractivity contribution >= 4 is 23.1 Å². The highest BCUT2D eigenvalue weighted by Crippen LogP contribution is 2.48. The maximum atomic E-state index is 13.7. The van der Waals surface area contributed by atoms with E-state index in [-0.39, 0.29) is 25.1 Å². The Kier molecular flexibility index (Phi) is 6.41. The van der Waals surface area contributed by atoms with Crippen LogP contribution in [0.25, 0.3) is 0 Å². The summed E-state index contributed by atoms with van der Waals surface area (Å²) in [5, 5.41) is 5.44. The van der Waals surface area contributed by atoms with E-state index in [1.807, 2.05) is 60.8 Å². The molecule has 2 aromatic carbocycles. The Hall–Kier alpha value is -4.04. The average Bonchev–Trinajstić information content (AvgIpc) is 3.63. The van der Waals surface area contributed by atoms with Gasteiger partial charge >= 0.3 is 5.97 Å². The van der Waals surface area contributed by atoms with Crippen molar-refractivity contribution in [3.05, 3.63) is 98.5 Å². The molecule has 3 aliphatic rings. The van der Waals surface area contributed by atoms with Crippen molar-refractivity contribution in [2.75, 3.05) is 13.9 Å². The number of ketones is 1. The van der Waals surface area contributed by atoms with Gasteiger partial charge in [0.05, 0.1) is 12.7 Å². The summed E-state index contributed by atoms with van der Waals surface area (Å²) >= 11 is 1.67. The summed E-state index contributed by atoms with van der Waals surface area (Å²) in [5.74, 6) is 1.10. The molecule has 3 aromatic rings. The largest absolute Gasteiger partial charge is 0.497 e. The van der Waals surface area contributed by atoms with Crippen LogP contribution in [0, 0.1) is 0 Å². The van der Waals surface area contributed by atoms with Crippen molar-refractivity contribution in [1.82, 2.24) is 5.32 Å². The van der Waals surface area contributed by atoms with Crippen LogP contribution in [-0.4, -0.2) is 25.7 Å². The van der Waals surface area contributed by atoms with Crippen LogP contribution in [0.5, 0.6) is 17.2 Å². The number of ether oxygens (including phenoxy) is 4. The third-order valence-electron chi connectivity index (χ3n) is 7.25. The number of carbonyl (C=O) groups is 2. The van der Waals surface area contributed by atoms with Gasteiger partial charge in [-0.3, -0.25) is 4.79 Å². The number of rotatable bonds is 6. The third-order valence-corrected chi connectivity index (χ3v) is 8.29. The SMILES string of the molecule is COc1ccc(COC(=O)C2=C(C)NC3=C(C(=O)C[C@H](c4cccs4)C3)[C@@H]2c2ccc3c(c2)OCO3)cc1. The molecule has 38 heavy (non-hydrogen) atoms. The normalized spacial score (nSPS) is 20.2. The van der Waals surface area contributed by atoms with E-state index in [9.17, 15) is 9.59 Å². The van der Waals surface area contributed by atoms with E-state index in [0.717, 1.165) is 22.6 Å². The number of fused-ring (bicyclic) bond motifs is 1. The Morgan fingerprint density at radius 1 is 1.08 bits per heavy atom. The van der Waals surface area contributed by atoms with Gasteiger partial charge in [-0.2, -0.15) is 0 Å². The summed E-state index contributed by atoms with van der Waals surface area (Å²) in [7, 11) is 1.61. The van der Waals surface area contributed by atoms with Crippen LogP contribution >= 0.6 is 11.3 Å². The Morgan fingerprint density at radius 2 is 1.89 bits per heavy atom. The summed E-state index contributed by atoms with van der Waals surface area (Å²) in [5.41, 5.74) is 4.24. The molecule has 0 amide bonds. The molecule has 1 aromatic heterocycles. The lowest BCUT2D eigenvalue weighted by Gasteiger charge is -2.36. The Morgan fingerprint density at radius 3 is 2.66 bits per heavy atom. The van der Waals surface area contributed by atoms with Crippen LogP contribution in [0.1, 0.15) is 47.6 Å². The second-order valence-electron chi connectivity index (χ2n) is 9.57. The zero-order chi connectivity index (χ0) is 26.2. The van der Waals surface area contributed by atoms with Crippen LogP contribution in [-0.2, 0) is 20.9 Å². The van der Waals surface area contributed by atoms with E-state index >= 15 is 0 Å². The minimum absolute atomic E-state index is 0.0350. The average molecular weight is 530 g/mol. The number of esters is 1. The standard InChI is InChI=1S/C30H27NO6S/c1-17-27(30(33)35-15-18-5-8-21(34-2)9-6-18)28(19-7-10-24-25(14-19)37-16-36-24)29-22(31-17)12-20(13-23(29)32)26-4-3-11-38-26/h3-11,14,20,28,31H,12-13,15-16H2,1-2H3/t20-,28-/m1/s1. The first-order chi connectivity index (χ1) is 18.5. The summed E-state index contributed by atoms with van der Waals surface area (Å²) in [6, 6.07) is 17.1. The molecule has 0 saturated carbocycles. The van der Waals surface area contributed by atoms with Crippen molar-refractivity contribution in [2.24, 2.45) is 0 Å². The van der Waals surface area contributed by atoms with Gasteiger partial charge < -0.3 is 24.3 Å². The van der Waals surface area contributed by atoms with Crippen molar-refractivity contribution in [3.8, 4) is 17.2 Å². The predicted octanol–water partition coefficient (Wildman–Crippen LogP) is 5.59. The number of dihydropyridines is 1. The molecule has 0 saturated heterocycles. The van der Waals surface area contributed by atoms with E-state index in [0.29, 0.717) is 41.2 Å². The minimum Gasteiger partial charge on any atom is -0.497 e. The first-order valence-corrected chi connectivity index (χ1v) is 13.4. The summed E-state index contributed by atoms with van der Waals surface area (Å²) in [6.45, 7) is 2.12. The van der Waals surface area contributed by atoms with Crippen LogP contribution in [0.4, 0.5) is 0 Å². The lowest BCUT2D eigenvalue weighted by molar-refractivity contribution is -0.140. The Labute approximate surface area is 224 Å². The fourth-order valence-electron chi connectivity index (χ4n) is 5.41. The Bertz CT molecular complexity index is 1450. The molecule has 0 spiro atoms. The van der Waals surface area contributed by atoms with Gasteiger partial charge in [-0.1, -0.05) is 24.3 Å². The van der Waals surface area contributed by atoms with E-state index in [1.165, 1.54) is 4.88 Å². The first-order valence-electron chi connectivity index (χ1n) is 12.5. The van der Waals surface area contributed by atoms with Crippen molar-refractivity contribution in [2.45, 2.75) is 38.2 Å². The van der Waals surface area contributed by atoms with Crippen molar-refractivity contribution < 1.29 is 28.5 Å². The van der Waals surface area contributed by atoms with Gasteiger partial charge in [0.15, 0.2) is 17.3 Å². The second-order valence-corrected chi connectivity index (χ2v) is 10.5. The van der Waals surface area contributed by atoms with E-state index in [4.69, 9.17) is 18.9 Å². The molecule has 0 radical (unpaired) electrons. The van der Waals surface area contributed by atoms with Gasteiger partial charge in [0.25, 0.3) is 0 Å². The third kappa shape index (κ3) is 4.45. The molecule has 3 heterocycles. The van der Waals surface area contributed by atoms with Crippen LogP contribution in [0.3, 0.4) is 0 Å². The molecule has 8 heteroatoms. The van der Waals surface area contributed by atoms with Gasteiger partial charge in [-0.15, -0.1) is 11.3 Å². The molecule has 1 N–H and O–H groups in total. The molecular weight excluding hydrogens is 502 g/mol. The predicted molar refractivity (Wildman–Crippen MR) is 142 cm³/mol. The number of nitrogens with one attached hydrogen (secondary N) is 1. The van der Waals surface area contributed by atoms with Crippen LogP contribution < -0.4 is 19.5 Å². The molecular formula is C30H27NO6S. The van der Waals surface area contributed by atoms with Crippen LogP contribution in [0.15, 0.2) is 82.5 Å². The van der Waals surface area contributed by atoms with Crippen molar-refractivity contribution in [1.29, 1.82) is 0 Å². The van der Waals surface area contributed by atoms with E-state index in [1.54, 1.807) is 18.4 Å². The maximum Gasteiger partial charge on any atom is 0.337 e. The molecule has 0 bridgehead atoms. The lowest BCUT2D eigenvalue weighted by Crippen LogP contribution is -2.36. The highest BCUT2D eigenvalue weighted by Gasteiger charge is 2.42. The number of allylic oxidation sites excluding steroid dienone is 3. The monoisotopic (exact) mass is 529 g/mol. The molecule has 2 aliphatic heterocycles. The molecule has 2 atom stereocenters. The van der Waals surface area contributed by atoms with Gasteiger partial charge in [0.2, 0.25) is 6.79 Å². The summed E-state index contributed by atoms with van der Waals surface area (Å²) < 4.78 is 22.1. The van der Waals surface area contributed by atoms with Gasteiger partial charge in [0, 0.05) is 40.1 Å². The molecule has 0 fully saturated rings. The highest BCUT2D eigenvalue weighted by molar-refractivity contribution is 7.10. The van der Waals surface area contributed by atoms with Gasteiger partial charge in [-0.05, 0) is 60.2 Å². The van der Waals surface area contributed by atoms with Crippen molar-refractivity contribution in [3.63, 3.8) is 0 Å². The maximum absolute atomic E-state index is 13.7. The quantitative estimate of drug-likeness (QED) is 0.417. The number of benzene rings is 2. The molecule has 6 rings (SSSR count). The smallest absolute Gasteiger partial charge is 0.337 e. The molecule has 7 nitrogen and oxygen atoms in total. The van der Waals surface area contributed by atoms with E-state index < -0.39 is 11.9 Å². The lowest BCUT2D eigenvalue weighted by atomic mass is 9.72. The van der Waals surface area contributed by atoms with Gasteiger partial charge in [-0.25, -0.2) is 4.79 Å². The van der Waals surface area contributed by atoms with Crippen LogP contribution in [0.2, 0.25) is 0 Å². The number of carbonyl (C=O) groups excluding carboxylic acids is 2. The topological polar surface area (TPSA) is 83.1 Å². The van der Waals surface area contributed by atoms with Gasteiger partial charge in [0.1, 0.15) is 12.4 Å². The number of Topliss-reactive ketones (excluding diaryl/α,β-unsaturated/α-hetero) is 1. The second kappa shape index (κ2) is 10.0. The Balaban J connectivity index is 1.35. The number of methoxy groups -OCH3 is 1. The number of hydrogen-bond donors (Lipinski definition) is 1. The molecule has 0 unspecified atom stereocenters. The summed E-state index contributed by atoms with van der Waals surface area (Å²) in [4.78, 5) is 28.5. The molecule has 194 valence electrons. The fraction of sp³-hybridized carbons (Fsp3) is 0.267. The van der Waals surface area contributed by atoms with E-state index in [2.05, 4.69) is 11.4 Å². The zero-order valence-electron chi connectivity index (χ0n) is 21.1. The number of thiophene rings is 1. The number of hydrogen-bond acceptors (Lipinski definition) is 8. The first kappa shape index (κ1) is 24.3. The molecule has 1 aliphatic carbocycles. The minimum atomic E-state index is -0.569. The zero-order valence-corrected chi connectivity index (χ0v) is 21.9. The highest BCUT2D eigenvalue weighted by atomic mass is 32.1. The summed E-state index contributed by atoms with van der Waals surface area (Å²) in [6.07, 6.45) is 1.10.